The highest BCUT2D eigenvalue weighted by Crippen LogP contribution is 2.44. The first kappa shape index (κ1) is 28.4. The van der Waals surface area contributed by atoms with E-state index in [9.17, 15) is 0 Å². The van der Waals surface area contributed by atoms with Gasteiger partial charge in [-0.15, -0.1) is 6.42 Å². The Balaban J connectivity index is 1.32. The molecule has 0 spiro atoms. The second-order valence-electron chi connectivity index (χ2n) is 11.9. The van der Waals surface area contributed by atoms with Crippen LogP contribution in [0.15, 0.2) is 122 Å². The van der Waals surface area contributed by atoms with Gasteiger partial charge in [0.05, 0.1) is 0 Å². The van der Waals surface area contributed by atoms with Gasteiger partial charge in [-0.1, -0.05) is 115 Å². The second kappa shape index (κ2) is 13.5. The summed E-state index contributed by atoms with van der Waals surface area (Å²) in [5.41, 5.74) is 11.3. The van der Waals surface area contributed by atoms with Gasteiger partial charge in [0, 0.05) is 11.5 Å². The molecule has 4 aromatic rings. The molecule has 1 fully saturated rings. The SMILES string of the molecule is C#Cc1ccc(CC2CCC(C(C(=C)CCc3ccccc3)c3ccc(-c4cccc(C(=C)C)c4)cc3)CC2)cc1. The van der Waals surface area contributed by atoms with Crippen molar-refractivity contribution in [2.75, 3.05) is 0 Å². The van der Waals surface area contributed by atoms with Crippen molar-refractivity contribution in [2.24, 2.45) is 11.8 Å². The molecule has 206 valence electrons. The molecule has 1 saturated carbocycles. The molecular weight excluding hydrogens is 492 g/mol. The van der Waals surface area contributed by atoms with Crippen molar-refractivity contribution in [1.29, 1.82) is 0 Å². The zero-order chi connectivity index (χ0) is 28.6. The van der Waals surface area contributed by atoms with Crippen LogP contribution in [0, 0.1) is 24.2 Å². The summed E-state index contributed by atoms with van der Waals surface area (Å²) < 4.78 is 0. The van der Waals surface area contributed by atoms with Crippen LogP contribution in [-0.4, -0.2) is 0 Å². The van der Waals surface area contributed by atoms with Gasteiger partial charge in [0.1, 0.15) is 0 Å². The minimum atomic E-state index is 0.394. The molecule has 0 saturated heterocycles. The Hall–Kier alpha value is -4.08. The van der Waals surface area contributed by atoms with Crippen molar-refractivity contribution >= 4 is 5.57 Å². The highest BCUT2D eigenvalue weighted by molar-refractivity contribution is 5.71. The van der Waals surface area contributed by atoms with E-state index in [-0.39, 0.29) is 0 Å². The molecule has 5 rings (SSSR count). The molecule has 0 heteroatoms. The Bertz CT molecular complexity index is 1490. The van der Waals surface area contributed by atoms with Crippen molar-refractivity contribution in [2.45, 2.75) is 57.8 Å². The Morgan fingerprint density at radius 3 is 2.15 bits per heavy atom. The molecule has 4 aromatic carbocycles. The van der Waals surface area contributed by atoms with Gasteiger partial charge < -0.3 is 0 Å². The van der Waals surface area contributed by atoms with E-state index in [1.807, 2.05) is 0 Å². The summed E-state index contributed by atoms with van der Waals surface area (Å²) in [4.78, 5) is 0. The lowest BCUT2D eigenvalue weighted by atomic mass is 9.69. The molecule has 1 aliphatic carbocycles. The largest absolute Gasteiger partial charge is 0.115 e. The summed E-state index contributed by atoms with van der Waals surface area (Å²) in [6, 6.07) is 37.4. The molecule has 0 aliphatic heterocycles. The Labute approximate surface area is 247 Å². The van der Waals surface area contributed by atoms with Crippen LogP contribution in [0.25, 0.3) is 16.7 Å². The van der Waals surface area contributed by atoms with Gasteiger partial charge in [-0.25, -0.2) is 0 Å². The van der Waals surface area contributed by atoms with E-state index in [1.54, 1.807) is 0 Å². The number of rotatable bonds is 10. The number of hydrogen-bond donors (Lipinski definition) is 0. The molecule has 0 aromatic heterocycles. The van der Waals surface area contributed by atoms with Crippen molar-refractivity contribution in [1.82, 2.24) is 0 Å². The van der Waals surface area contributed by atoms with Crippen molar-refractivity contribution in [3.63, 3.8) is 0 Å². The lowest BCUT2D eigenvalue weighted by Gasteiger charge is -2.35. The van der Waals surface area contributed by atoms with E-state index < -0.39 is 0 Å². The van der Waals surface area contributed by atoms with Crippen molar-refractivity contribution in [3.8, 4) is 23.5 Å². The normalized spacial score (nSPS) is 17.4. The maximum absolute atomic E-state index is 5.55. The van der Waals surface area contributed by atoms with E-state index >= 15 is 0 Å². The Morgan fingerprint density at radius 2 is 1.49 bits per heavy atom. The highest BCUT2D eigenvalue weighted by atomic mass is 14.3. The molecule has 1 unspecified atom stereocenters. The van der Waals surface area contributed by atoms with Gasteiger partial charge in [-0.3, -0.25) is 0 Å². The third-order valence-electron chi connectivity index (χ3n) is 8.98. The fraction of sp³-hybridized carbons (Fsp3) is 0.268. The minimum Gasteiger partial charge on any atom is -0.115 e. The topological polar surface area (TPSA) is 0 Å². The van der Waals surface area contributed by atoms with Crippen molar-refractivity contribution < 1.29 is 0 Å². The van der Waals surface area contributed by atoms with Crippen LogP contribution in [0.1, 0.15) is 72.8 Å². The van der Waals surface area contributed by atoms with Gasteiger partial charge in [-0.2, -0.15) is 0 Å². The summed E-state index contributed by atoms with van der Waals surface area (Å²) in [5.74, 6) is 4.50. The average molecular weight is 535 g/mol. The maximum atomic E-state index is 5.55. The molecule has 1 atom stereocenters. The molecule has 1 aliphatic rings. The molecule has 41 heavy (non-hydrogen) atoms. The fourth-order valence-corrected chi connectivity index (χ4v) is 6.59. The average Bonchev–Trinajstić information content (AvgIpc) is 3.02. The summed E-state index contributed by atoms with van der Waals surface area (Å²) in [6.45, 7) is 10.9. The first-order valence-corrected chi connectivity index (χ1v) is 15.1. The van der Waals surface area contributed by atoms with Gasteiger partial charge >= 0.3 is 0 Å². The van der Waals surface area contributed by atoms with Gasteiger partial charge in [0.15, 0.2) is 0 Å². The summed E-state index contributed by atoms with van der Waals surface area (Å²) in [7, 11) is 0. The number of hydrogen-bond acceptors (Lipinski definition) is 0. The quantitative estimate of drug-likeness (QED) is 0.140. The molecular formula is C41H42. The number of allylic oxidation sites excluding steroid dienone is 2. The van der Waals surface area contributed by atoms with Crippen LogP contribution in [0.4, 0.5) is 0 Å². The monoisotopic (exact) mass is 534 g/mol. The predicted molar refractivity (Wildman–Crippen MR) is 177 cm³/mol. The zero-order valence-corrected chi connectivity index (χ0v) is 24.5. The van der Waals surface area contributed by atoms with E-state index in [1.165, 1.54) is 64.6 Å². The molecule has 0 heterocycles. The van der Waals surface area contributed by atoms with Crippen LogP contribution in [0.2, 0.25) is 0 Å². The number of aryl methyl sites for hydroxylation is 1. The Kier molecular flexibility index (Phi) is 9.38. The van der Waals surface area contributed by atoms with Crippen LogP contribution >= 0.6 is 0 Å². The standard InChI is InChI=1S/C41H42/c1-5-32-16-18-34(19-17-32)28-35-20-22-37(23-21-35)41(31(4)14-15-33-10-7-6-8-11-33)38-26-24-36(25-27-38)40-13-9-12-39(29-40)30(2)3/h1,6-13,16-19,24-27,29,35,37,41H,2,4,14-15,20-23,28H2,3H3. The summed E-state index contributed by atoms with van der Waals surface area (Å²) in [6.07, 6.45) is 13.8. The third-order valence-corrected chi connectivity index (χ3v) is 8.98. The molecule has 0 amide bonds. The number of benzene rings is 4. The molecule has 0 bridgehead atoms. The predicted octanol–water partition coefficient (Wildman–Crippen LogP) is 10.7. The van der Waals surface area contributed by atoms with E-state index in [4.69, 9.17) is 13.0 Å². The number of terminal acetylenes is 1. The third kappa shape index (κ3) is 7.36. The van der Waals surface area contributed by atoms with Crippen LogP contribution in [-0.2, 0) is 12.8 Å². The van der Waals surface area contributed by atoms with Gasteiger partial charge in [0.2, 0.25) is 0 Å². The maximum Gasteiger partial charge on any atom is 0.0242 e. The minimum absolute atomic E-state index is 0.394. The van der Waals surface area contributed by atoms with Crippen LogP contribution in [0.3, 0.4) is 0 Å². The smallest absolute Gasteiger partial charge is 0.0242 e. The first-order chi connectivity index (χ1) is 20.0. The fourth-order valence-electron chi connectivity index (χ4n) is 6.59. The van der Waals surface area contributed by atoms with E-state index in [0.717, 1.165) is 36.3 Å². The lowest BCUT2D eigenvalue weighted by molar-refractivity contribution is 0.252. The summed E-state index contributed by atoms with van der Waals surface area (Å²) in [5, 5.41) is 0. The van der Waals surface area contributed by atoms with Gasteiger partial charge in [-0.05, 0) is 115 Å². The van der Waals surface area contributed by atoms with Gasteiger partial charge in [0.25, 0.3) is 0 Å². The first-order valence-electron chi connectivity index (χ1n) is 15.1. The van der Waals surface area contributed by atoms with Crippen LogP contribution < -0.4 is 0 Å². The summed E-state index contributed by atoms with van der Waals surface area (Å²) >= 11 is 0. The molecule has 0 nitrogen and oxygen atoms in total. The van der Waals surface area contributed by atoms with Crippen LogP contribution in [0.5, 0.6) is 0 Å². The zero-order valence-electron chi connectivity index (χ0n) is 24.5. The van der Waals surface area contributed by atoms with E-state index in [0.29, 0.717) is 11.8 Å². The highest BCUT2D eigenvalue weighted by Gasteiger charge is 2.30. The second-order valence-corrected chi connectivity index (χ2v) is 11.9. The molecule has 0 N–H and O–H groups in total. The Morgan fingerprint density at radius 1 is 0.780 bits per heavy atom. The van der Waals surface area contributed by atoms with Crippen molar-refractivity contribution in [3.05, 3.63) is 150 Å². The lowest BCUT2D eigenvalue weighted by Crippen LogP contribution is -2.23. The molecule has 0 radical (unpaired) electrons. The van der Waals surface area contributed by atoms with E-state index in [2.05, 4.69) is 123 Å².